The van der Waals surface area contributed by atoms with E-state index in [1.165, 1.54) is 5.69 Å². The number of nitrogens with one attached hydrogen (secondary N) is 1. The van der Waals surface area contributed by atoms with E-state index in [-0.39, 0.29) is 29.7 Å². The zero-order valence-electron chi connectivity index (χ0n) is 18.3. The second-order valence-electron chi connectivity index (χ2n) is 9.02. The van der Waals surface area contributed by atoms with Crippen molar-refractivity contribution in [2.24, 2.45) is 5.92 Å². The topological polar surface area (TPSA) is 73.0 Å². The molecule has 168 valence electrons. The van der Waals surface area contributed by atoms with Gasteiger partial charge in [-0.05, 0) is 44.2 Å². The molecule has 3 saturated heterocycles. The molecule has 3 aliphatic rings. The smallest absolute Gasteiger partial charge is 0.225 e. The summed E-state index contributed by atoms with van der Waals surface area (Å²) in [6.45, 7) is 4.56. The van der Waals surface area contributed by atoms with Crippen LogP contribution in [-0.4, -0.2) is 72.8 Å². The Labute approximate surface area is 184 Å². The molecule has 1 atom stereocenters. The van der Waals surface area contributed by atoms with Crippen molar-refractivity contribution in [3.8, 4) is 0 Å². The Kier molecular flexibility index (Phi) is 7.10. The second kappa shape index (κ2) is 10.2. The summed E-state index contributed by atoms with van der Waals surface area (Å²) in [5.41, 5.74) is 1.24. The highest BCUT2D eigenvalue weighted by atomic mass is 16.2. The fourth-order valence-electron chi connectivity index (χ4n) is 4.98. The molecule has 0 aliphatic carbocycles. The predicted molar refractivity (Wildman–Crippen MR) is 120 cm³/mol. The monoisotopic (exact) mass is 426 g/mol. The number of hydrogen-bond donors (Lipinski definition) is 1. The first-order chi connectivity index (χ1) is 15.1. The van der Waals surface area contributed by atoms with Crippen molar-refractivity contribution in [1.29, 1.82) is 0 Å². The van der Waals surface area contributed by atoms with Gasteiger partial charge in [0.05, 0.1) is 5.92 Å². The molecular weight excluding hydrogens is 392 g/mol. The maximum absolute atomic E-state index is 12.9. The van der Waals surface area contributed by atoms with Gasteiger partial charge in [-0.1, -0.05) is 18.2 Å². The van der Waals surface area contributed by atoms with Crippen LogP contribution in [0.25, 0.3) is 0 Å². The van der Waals surface area contributed by atoms with Gasteiger partial charge >= 0.3 is 0 Å². The van der Waals surface area contributed by atoms with Gasteiger partial charge in [0.2, 0.25) is 17.7 Å². The molecule has 0 bridgehead atoms. The van der Waals surface area contributed by atoms with Gasteiger partial charge in [-0.15, -0.1) is 0 Å². The summed E-state index contributed by atoms with van der Waals surface area (Å²) in [5, 5.41) is 3.25. The van der Waals surface area contributed by atoms with E-state index in [1.807, 2.05) is 15.9 Å². The number of benzene rings is 1. The normalized spacial score (nSPS) is 22.8. The molecule has 31 heavy (non-hydrogen) atoms. The van der Waals surface area contributed by atoms with E-state index in [2.05, 4.69) is 34.5 Å². The third kappa shape index (κ3) is 5.57. The number of amides is 3. The molecule has 7 nitrogen and oxygen atoms in total. The Bertz CT molecular complexity index is 776. The lowest BCUT2D eigenvalue weighted by Gasteiger charge is -2.36. The molecule has 3 aliphatic heterocycles. The molecule has 3 heterocycles. The van der Waals surface area contributed by atoms with Crippen molar-refractivity contribution in [1.82, 2.24) is 15.1 Å². The van der Waals surface area contributed by atoms with Crippen LogP contribution in [-0.2, 0) is 14.4 Å². The minimum atomic E-state index is -0.127. The first-order valence-corrected chi connectivity index (χ1v) is 11.8. The highest BCUT2D eigenvalue weighted by molar-refractivity contribution is 5.84. The third-order valence-corrected chi connectivity index (χ3v) is 6.86. The van der Waals surface area contributed by atoms with E-state index in [0.29, 0.717) is 38.9 Å². The molecule has 3 fully saturated rings. The zero-order chi connectivity index (χ0) is 21.6. The number of hydrogen-bond acceptors (Lipinski definition) is 4. The summed E-state index contributed by atoms with van der Waals surface area (Å²) in [6.07, 6.45) is 5.33. The predicted octanol–water partition coefficient (Wildman–Crippen LogP) is 2.02. The summed E-state index contributed by atoms with van der Waals surface area (Å²) >= 11 is 0. The van der Waals surface area contributed by atoms with E-state index in [1.54, 1.807) is 0 Å². The van der Waals surface area contributed by atoms with Crippen molar-refractivity contribution in [2.75, 3.05) is 44.2 Å². The van der Waals surface area contributed by atoms with Gasteiger partial charge in [0.25, 0.3) is 0 Å². The van der Waals surface area contributed by atoms with Gasteiger partial charge in [0.1, 0.15) is 0 Å². The lowest BCUT2D eigenvalue weighted by atomic mass is 9.95. The lowest BCUT2D eigenvalue weighted by molar-refractivity contribution is -0.138. The van der Waals surface area contributed by atoms with Crippen molar-refractivity contribution >= 4 is 23.4 Å². The fraction of sp³-hybridized carbons (Fsp3) is 0.625. The van der Waals surface area contributed by atoms with Crippen molar-refractivity contribution in [3.63, 3.8) is 0 Å². The summed E-state index contributed by atoms with van der Waals surface area (Å²) in [4.78, 5) is 43.0. The molecule has 1 aromatic rings. The molecule has 0 saturated carbocycles. The molecule has 7 heteroatoms. The van der Waals surface area contributed by atoms with Gasteiger partial charge in [-0.3, -0.25) is 14.4 Å². The highest BCUT2D eigenvalue weighted by Crippen LogP contribution is 2.22. The molecule has 0 spiro atoms. The van der Waals surface area contributed by atoms with Crippen LogP contribution < -0.4 is 10.2 Å². The first-order valence-electron chi connectivity index (χ1n) is 11.8. The van der Waals surface area contributed by atoms with Gasteiger partial charge in [0.15, 0.2) is 0 Å². The first kappa shape index (κ1) is 21.7. The van der Waals surface area contributed by atoms with E-state index < -0.39 is 0 Å². The maximum Gasteiger partial charge on any atom is 0.225 e. The van der Waals surface area contributed by atoms with Crippen molar-refractivity contribution in [2.45, 2.75) is 51.0 Å². The molecule has 0 radical (unpaired) electrons. The molecule has 1 aromatic carbocycles. The summed E-state index contributed by atoms with van der Waals surface area (Å²) in [6, 6.07) is 10.6. The Hall–Kier alpha value is -2.57. The molecular formula is C24H34N4O3. The quantitative estimate of drug-likeness (QED) is 0.724. The Balaban J connectivity index is 1.20. The number of rotatable bonds is 7. The van der Waals surface area contributed by atoms with Crippen LogP contribution >= 0.6 is 0 Å². The summed E-state index contributed by atoms with van der Waals surface area (Å²) < 4.78 is 0. The summed E-state index contributed by atoms with van der Waals surface area (Å²) in [5.74, 6) is 0.317. The highest BCUT2D eigenvalue weighted by Gasteiger charge is 2.32. The minimum absolute atomic E-state index is 0.0883. The van der Waals surface area contributed by atoms with E-state index in [9.17, 15) is 14.4 Å². The number of piperidine rings is 2. The van der Waals surface area contributed by atoms with Crippen molar-refractivity contribution in [3.05, 3.63) is 30.3 Å². The molecule has 0 aromatic heterocycles. The average Bonchev–Trinajstić information content (AvgIpc) is 3.20. The Morgan fingerprint density at radius 1 is 0.903 bits per heavy atom. The Morgan fingerprint density at radius 3 is 2.32 bits per heavy atom. The molecule has 4 rings (SSSR count). The van der Waals surface area contributed by atoms with Crippen LogP contribution in [0.1, 0.15) is 44.9 Å². The standard InChI is InChI=1S/C24H34N4O3/c29-22-8-4-13-27(22)14-5-15-28-18-19(9-10-23(28)30)24(31)25-20-11-16-26(17-12-20)21-6-2-1-3-7-21/h1-3,6-7,19-20H,4-5,8-18H2,(H,25,31). The van der Waals surface area contributed by atoms with E-state index in [0.717, 1.165) is 45.3 Å². The van der Waals surface area contributed by atoms with Crippen LogP contribution in [0.2, 0.25) is 0 Å². The van der Waals surface area contributed by atoms with Gasteiger partial charge < -0.3 is 20.0 Å². The number of nitrogens with zero attached hydrogens (tertiary/aromatic N) is 3. The van der Waals surface area contributed by atoms with E-state index >= 15 is 0 Å². The molecule has 1 unspecified atom stereocenters. The van der Waals surface area contributed by atoms with Crippen LogP contribution in [0.5, 0.6) is 0 Å². The lowest BCUT2D eigenvalue weighted by Crippen LogP contribution is -2.50. The maximum atomic E-state index is 12.9. The van der Waals surface area contributed by atoms with Gasteiger partial charge in [0, 0.05) is 63.8 Å². The number of anilines is 1. The largest absolute Gasteiger partial charge is 0.371 e. The Morgan fingerprint density at radius 2 is 1.61 bits per heavy atom. The third-order valence-electron chi connectivity index (χ3n) is 6.86. The molecule has 3 amide bonds. The number of carbonyl (C=O) groups excluding carboxylic acids is 3. The summed E-state index contributed by atoms with van der Waals surface area (Å²) in [7, 11) is 0. The van der Waals surface area contributed by atoms with E-state index in [4.69, 9.17) is 0 Å². The van der Waals surface area contributed by atoms with Gasteiger partial charge in [-0.2, -0.15) is 0 Å². The zero-order valence-corrected chi connectivity index (χ0v) is 18.3. The average molecular weight is 427 g/mol. The number of carbonyl (C=O) groups is 3. The van der Waals surface area contributed by atoms with Crippen LogP contribution in [0.4, 0.5) is 5.69 Å². The second-order valence-corrected chi connectivity index (χ2v) is 9.02. The minimum Gasteiger partial charge on any atom is -0.371 e. The van der Waals surface area contributed by atoms with Crippen LogP contribution in [0.3, 0.4) is 0 Å². The SMILES string of the molecule is O=C(NC1CCN(c2ccccc2)CC1)C1CCC(=O)N(CCCN2CCCC2=O)C1. The van der Waals surface area contributed by atoms with Gasteiger partial charge in [-0.25, -0.2) is 0 Å². The molecule has 1 N–H and O–H groups in total. The van der Waals surface area contributed by atoms with Crippen LogP contribution in [0, 0.1) is 5.92 Å². The number of likely N-dealkylation sites (tertiary alicyclic amines) is 2. The van der Waals surface area contributed by atoms with Crippen LogP contribution in [0.15, 0.2) is 30.3 Å². The fourth-order valence-corrected chi connectivity index (χ4v) is 4.98. The number of para-hydroxylation sites is 1. The van der Waals surface area contributed by atoms with Crippen molar-refractivity contribution < 1.29 is 14.4 Å².